The van der Waals surface area contributed by atoms with Crippen molar-refractivity contribution in [2.75, 3.05) is 0 Å². The van der Waals surface area contributed by atoms with Crippen LogP contribution in [0.4, 0.5) is 13.2 Å². The van der Waals surface area contributed by atoms with Gasteiger partial charge in [0.15, 0.2) is 0 Å². The largest absolute Gasteiger partial charge is 0.478 e. The Morgan fingerprint density at radius 2 is 2.20 bits per heavy atom. The van der Waals surface area contributed by atoms with Crippen molar-refractivity contribution in [1.29, 1.82) is 0 Å². The van der Waals surface area contributed by atoms with Gasteiger partial charge in [0.1, 0.15) is 0 Å². The molecule has 3 N–H and O–H groups in total. The Bertz CT molecular complexity index is 396. The standard InChI is InChI=1S/C8H7F3N2O2/c9-6(10)5-3(1-12)7(11)13-2-4(5)8(14)15/h2,6H,1,12H2,(H,14,15). The Balaban J connectivity index is 3.49. The van der Waals surface area contributed by atoms with E-state index < -0.39 is 41.6 Å². The van der Waals surface area contributed by atoms with Crippen LogP contribution in [-0.4, -0.2) is 16.1 Å². The summed E-state index contributed by atoms with van der Waals surface area (Å²) >= 11 is 0. The zero-order valence-corrected chi connectivity index (χ0v) is 7.38. The van der Waals surface area contributed by atoms with Gasteiger partial charge in [0.25, 0.3) is 6.43 Å². The Morgan fingerprint density at radius 3 is 2.60 bits per heavy atom. The monoisotopic (exact) mass is 220 g/mol. The van der Waals surface area contributed by atoms with Crippen molar-refractivity contribution in [3.63, 3.8) is 0 Å². The van der Waals surface area contributed by atoms with E-state index in [1.54, 1.807) is 0 Å². The molecule has 0 unspecified atom stereocenters. The minimum absolute atomic E-state index is 0.528. The van der Waals surface area contributed by atoms with Gasteiger partial charge in [-0.2, -0.15) is 4.39 Å². The van der Waals surface area contributed by atoms with Crippen molar-refractivity contribution in [1.82, 2.24) is 4.98 Å². The predicted octanol–water partition coefficient (Wildman–Crippen LogP) is 1.32. The third-order valence-corrected chi connectivity index (χ3v) is 1.82. The van der Waals surface area contributed by atoms with Crippen molar-refractivity contribution < 1.29 is 23.1 Å². The molecule has 0 fully saturated rings. The zero-order chi connectivity index (χ0) is 11.6. The lowest BCUT2D eigenvalue weighted by atomic mass is 10.0. The van der Waals surface area contributed by atoms with Crippen LogP contribution in [0.25, 0.3) is 0 Å². The molecule has 82 valence electrons. The number of aromatic carboxylic acids is 1. The number of carboxylic acid groups (broad SMARTS) is 1. The number of nitrogens with two attached hydrogens (primary N) is 1. The van der Waals surface area contributed by atoms with Gasteiger partial charge in [-0.1, -0.05) is 0 Å². The van der Waals surface area contributed by atoms with E-state index in [1.807, 2.05) is 0 Å². The van der Waals surface area contributed by atoms with Crippen molar-refractivity contribution >= 4 is 5.97 Å². The summed E-state index contributed by atoms with van der Waals surface area (Å²) in [5.41, 5.74) is 2.85. The van der Waals surface area contributed by atoms with Gasteiger partial charge in [0.2, 0.25) is 5.95 Å². The van der Waals surface area contributed by atoms with Gasteiger partial charge in [-0.25, -0.2) is 18.6 Å². The second kappa shape index (κ2) is 4.26. The van der Waals surface area contributed by atoms with E-state index in [0.29, 0.717) is 6.20 Å². The Morgan fingerprint density at radius 1 is 1.60 bits per heavy atom. The topological polar surface area (TPSA) is 76.2 Å². The minimum Gasteiger partial charge on any atom is -0.478 e. The molecule has 0 atom stereocenters. The fourth-order valence-corrected chi connectivity index (χ4v) is 1.16. The molecule has 0 aliphatic heterocycles. The maximum atomic E-state index is 12.9. The average molecular weight is 220 g/mol. The quantitative estimate of drug-likeness (QED) is 0.753. The van der Waals surface area contributed by atoms with E-state index in [4.69, 9.17) is 10.8 Å². The number of carboxylic acids is 1. The third kappa shape index (κ3) is 2.07. The molecule has 0 saturated carbocycles. The Kier molecular flexibility index (Phi) is 3.25. The van der Waals surface area contributed by atoms with Gasteiger partial charge in [-0.05, 0) is 0 Å². The summed E-state index contributed by atoms with van der Waals surface area (Å²) in [5.74, 6) is -2.76. The first kappa shape index (κ1) is 11.4. The van der Waals surface area contributed by atoms with Crippen LogP contribution >= 0.6 is 0 Å². The molecule has 1 rings (SSSR count). The normalized spacial score (nSPS) is 10.7. The number of rotatable bonds is 3. The summed E-state index contributed by atoms with van der Waals surface area (Å²) in [4.78, 5) is 13.6. The summed E-state index contributed by atoms with van der Waals surface area (Å²) < 4.78 is 37.9. The van der Waals surface area contributed by atoms with Crippen LogP contribution in [0.3, 0.4) is 0 Å². The predicted molar refractivity (Wildman–Crippen MR) is 44.0 cm³/mol. The fraction of sp³-hybridized carbons (Fsp3) is 0.250. The van der Waals surface area contributed by atoms with Crippen LogP contribution < -0.4 is 5.73 Å². The molecule has 4 nitrogen and oxygen atoms in total. The lowest BCUT2D eigenvalue weighted by Crippen LogP contribution is -2.13. The van der Waals surface area contributed by atoms with E-state index in [9.17, 15) is 18.0 Å². The number of carbonyl (C=O) groups is 1. The first-order chi connectivity index (χ1) is 6.99. The van der Waals surface area contributed by atoms with Crippen molar-refractivity contribution in [3.05, 3.63) is 28.8 Å². The van der Waals surface area contributed by atoms with E-state index in [1.165, 1.54) is 0 Å². The number of nitrogens with zero attached hydrogens (tertiary/aromatic N) is 1. The summed E-state index contributed by atoms with van der Waals surface area (Å²) in [6.45, 7) is -0.528. The third-order valence-electron chi connectivity index (χ3n) is 1.82. The van der Waals surface area contributed by atoms with E-state index >= 15 is 0 Å². The molecule has 0 aliphatic rings. The van der Waals surface area contributed by atoms with Crippen LogP contribution in [0.2, 0.25) is 0 Å². The fourth-order valence-electron chi connectivity index (χ4n) is 1.16. The van der Waals surface area contributed by atoms with Crippen LogP contribution in [-0.2, 0) is 6.54 Å². The van der Waals surface area contributed by atoms with Crippen LogP contribution in [0, 0.1) is 5.95 Å². The van der Waals surface area contributed by atoms with Crippen molar-refractivity contribution in [2.24, 2.45) is 5.73 Å². The van der Waals surface area contributed by atoms with E-state index in [2.05, 4.69) is 4.98 Å². The number of aromatic nitrogens is 1. The summed E-state index contributed by atoms with van der Waals surface area (Å²) in [7, 11) is 0. The zero-order valence-electron chi connectivity index (χ0n) is 7.38. The molecule has 1 heterocycles. The average Bonchev–Trinajstić information content (AvgIpc) is 2.16. The van der Waals surface area contributed by atoms with Crippen LogP contribution in [0.15, 0.2) is 6.20 Å². The molecule has 15 heavy (non-hydrogen) atoms. The molecule has 0 bridgehead atoms. The highest BCUT2D eigenvalue weighted by Gasteiger charge is 2.24. The molecule has 0 aliphatic carbocycles. The maximum Gasteiger partial charge on any atom is 0.337 e. The van der Waals surface area contributed by atoms with Gasteiger partial charge in [-0.15, -0.1) is 0 Å². The second-order valence-electron chi connectivity index (χ2n) is 2.66. The Hall–Kier alpha value is -1.63. The smallest absolute Gasteiger partial charge is 0.337 e. The molecule has 0 spiro atoms. The molecule has 0 radical (unpaired) electrons. The number of pyridine rings is 1. The summed E-state index contributed by atoms with van der Waals surface area (Å²) in [5, 5.41) is 8.59. The SMILES string of the molecule is NCc1c(F)ncc(C(=O)O)c1C(F)F. The molecule has 0 amide bonds. The second-order valence-corrected chi connectivity index (χ2v) is 2.66. The number of alkyl halides is 2. The van der Waals surface area contributed by atoms with Gasteiger partial charge in [0, 0.05) is 23.9 Å². The first-order valence-corrected chi connectivity index (χ1v) is 3.87. The molecular weight excluding hydrogens is 213 g/mol. The molecular formula is C8H7F3N2O2. The van der Waals surface area contributed by atoms with Gasteiger partial charge < -0.3 is 10.8 Å². The summed E-state index contributed by atoms with van der Waals surface area (Å²) in [6, 6.07) is 0. The highest BCUT2D eigenvalue weighted by atomic mass is 19.3. The van der Waals surface area contributed by atoms with E-state index in [-0.39, 0.29) is 0 Å². The highest BCUT2D eigenvalue weighted by molar-refractivity contribution is 5.89. The Labute approximate surface area is 82.5 Å². The van der Waals surface area contributed by atoms with Crippen LogP contribution in [0.5, 0.6) is 0 Å². The molecule has 7 heteroatoms. The highest BCUT2D eigenvalue weighted by Crippen LogP contribution is 2.27. The maximum absolute atomic E-state index is 12.9. The van der Waals surface area contributed by atoms with Gasteiger partial charge in [0.05, 0.1) is 5.56 Å². The van der Waals surface area contributed by atoms with Crippen molar-refractivity contribution in [3.8, 4) is 0 Å². The van der Waals surface area contributed by atoms with E-state index in [0.717, 1.165) is 0 Å². The molecule has 0 aromatic carbocycles. The minimum atomic E-state index is -3.10. The lowest BCUT2D eigenvalue weighted by molar-refractivity contribution is 0.0683. The van der Waals surface area contributed by atoms with Gasteiger partial charge >= 0.3 is 5.97 Å². The lowest BCUT2D eigenvalue weighted by Gasteiger charge is -2.10. The molecule has 1 aromatic rings. The van der Waals surface area contributed by atoms with Gasteiger partial charge in [-0.3, -0.25) is 0 Å². The summed E-state index contributed by atoms with van der Waals surface area (Å²) in [6.07, 6.45) is -2.55. The number of halogens is 3. The first-order valence-electron chi connectivity index (χ1n) is 3.87. The van der Waals surface area contributed by atoms with Crippen LogP contribution in [0.1, 0.15) is 27.9 Å². The van der Waals surface area contributed by atoms with Crippen molar-refractivity contribution in [2.45, 2.75) is 13.0 Å². The molecule has 1 aromatic heterocycles. The molecule has 0 saturated heterocycles. The number of hydrogen-bond acceptors (Lipinski definition) is 3. The number of hydrogen-bond donors (Lipinski definition) is 2.